The van der Waals surface area contributed by atoms with E-state index in [0.29, 0.717) is 11.3 Å². The number of imidazole rings is 1. The summed E-state index contributed by atoms with van der Waals surface area (Å²) in [5.74, 6) is -0.222. The van der Waals surface area contributed by atoms with E-state index < -0.39 is 0 Å². The zero-order chi connectivity index (χ0) is 14.8. The first-order valence-corrected chi connectivity index (χ1v) is 7.64. The Kier molecular flexibility index (Phi) is 3.62. The van der Waals surface area contributed by atoms with Crippen LogP contribution in [-0.2, 0) is 0 Å². The van der Waals surface area contributed by atoms with Crippen LogP contribution >= 0.6 is 11.8 Å². The molecule has 21 heavy (non-hydrogen) atoms. The Morgan fingerprint density at radius 3 is 3.00 bits per heavy atom. The number of aryl methyl sites for hydroxylation is 1. The number of anilines is 1. The van der Waals surface area contributed by atoms with Gasteiger partial charge in [0.05, 0.1) is 6.20 Å². The second kappa shape index (κ2) is 5.57. The Morgan fingerprint density at radius 1 is 1.38 bits per heavy atom. The van der Waals surface area contributed by atoms with E-state index in [1.807, 2.05) is 31.4 Å². The molecule has 0 fully saturated rings. The van der Waals surface area contributed by atoms with Crippen molar-refractivity contribution >= 4 is 29.0 Å². The van der Waals surface area contributed by atoms with E-state index >= 15 is 0 Å². The van der Waals surface area contributed by atoms with Crippen LogP contribution < -0.4 is 5.32 Å². The molecule has 0 aliphatic rings. The number of nitrogens with one attached hydrogen (secondary N) is 1. The van der Waals surface area contributed by atoms with Crippen LogP contribution in [0.15, 0.2) is 47.9 Å². The summed E-state index contributed by atoms with van der Waals surface area (Å²) in [6.07, 6.45) is 8.74. The zero-order valence-electron chi connectivity index (χ0n) is 11.7. The van der Waals surface area contributed by atoms with Gasteiger partial charge in [-0.15, -0.1) is 11.8 Å². The average Bonchev–Trinajstić information content (AvgIpc) is 2.93. The highest BCUT2D eigenvalue weighted by molar-refractivity contribution is 7.98. The molecular weight excluding hydrogens is 284 g/mol. The maximum Gasteiger partial charge on any atom is 0.275 e. The molecule has 0 aliphatic heterocycles. The lowest BCUT2D eigenvalue weighted by Gasteiger charge is -2.08. The van der Waals surface area contributed by atoms with Crippen molar-refractivity contribution in [1.82, 2.24) is 14.4 Å². The van der Waals surface area contributed by atoms with Crippen LogP contribution in [0.25, 0.3) is 5.65 Å². The van der Waals surface area contributed by atoms with Crippen molar-refractivity contribution < 1.29 is 4.79 Å². The molecule has 6 heteroatoms. The Hall–Kier alpha value is -2.34. The first-order valence-electron chi connectivity index (χ1n) is 6.42. The lowest BCUT2D eigenvalue weighted by atomic mass is 10.2. The normalized spacial score (nSPS) is 10.8. The molecule has 3 aromatic rings. The second-order valence-corrected chi connectivity index (χ2v) is 5.48. The molecule has 106 valence electrons. The molecule has 0 radical (unpaired) electrons. The highest BCUT2D eigenvalue weighted by Gasteiger charge is 2.12. The van der Waals surface area contributed by atoms with Gasteiger partial charge >= 0.3 is 0 Å². The second-order valence-electron chi connectivity index (χ2n) is 4.60. The summed E-state index contributed by atoms with van der Waals surface area (Å²) < 4.78 is 1.77. The fourth-order valence-electron chi connectivity index (χ4n) is 2.00. The number of amides is 1. The molecule has 0 bridgehead atoms. The van der Waals surface area contributed by atoms with Gasteiger partial charge in [0.1, 0.15) is 5.69 Å². The molecule has 1 amide bonds. The van der Waals surface area contributed by atoms with Crippen LogP contribution in [0.4, 0.5) is 5.69 Å². The summed E-state index contributed by atoms with van der Waals surface area (Å²) in [6.45, 7) is 1.97. The number of thioether (sulfide) groups is 1. The molecule has 2 aromatic heterocycles. The third kappa shape index (κ3) is 2.75. The minimum absolute atomic E-state index is 0.222. The Balaban J connectivity index is 1.89. The van der Waals surface area contributed by atoms with Gasteiger partial charge in [0.2, 0.25) is 0 Å². The number of carbonyl (C=O) groups excluding carboxylic acids is 1. The highest BCUT2D eigenvalue weighted by Crippen LogP contribution is 2.23. The fraction of sp³-hybridized carbons (Fsp3) is 0.133. The minimum atomic E-state index is -0.222. The molecule has 0 unspecified atom stereocenters. The largest absolute Gasteiger partial charge is 0.320 e. The van der Waals surface area contributed by atoms with Crippen LogP contribution in [0, 0.1) is 6.92 Å². The monoisotopic (exact) mass is 298 g/mol. The summed E-state index contributed by atoms with van der Waals surface area (Å²) >= 11 is 1.64. The van der Waals surface area contributed by atoms with Gasteiger partial charge in [-0.1, -0.05) is 6.07 Å². The predicted molar refractivity (Wildman–Crippen MR) is 83.9 cm³/mol. The van der Waals surface area contributed by atoms with Gasteiger partial charge in [-0.3, -0.25) is 9.78 Å². The van der Waals surface area contributed by atoms with Crippen LogP contribution in [0.1, 0.15) is 16.1 Å². The number of nitrogens with zero attached hydrogens (tertiary/aromatic N) is 3. The molecule has 0 saturated carbocycles. The summed E-state index contributed by atoms with van der Waals surface area (Å²) in [5.41, 5.74) is 2.85. The molecule has 1 N–H and O–H groups in total. The standard InChI is InChI=1S/C15H14N4OS/c1-10-3-4-11(21-2)7-12(10)18-15(20)13-9-19-6-5-16-8-14(19)17-13/h3-9H,1-2H3,(H,18,20). The minimum Gasteiger partial charge on any atom is -0.320 e. The van der Waals surface area contributed by atoms with Gasteiger partial charge in [0.25, 0.3) is 5.91 Å². The average molecular weight is 298 g/mol. The van der Waals surface area contributed by atoms with E-state index in [1.54, 1.807) is 40.9 Å². The van der Waals surface area contributed by atoms with Crippen molar-refractivity contribution in [3.8, 4) is 0 Å². The molecule has 2 heterocycles. The first-order chi connectivity index (χ1) is 10.2. The van der Waals surface area contributed by atoms with E-state index in [2.05, 4.69) is 15.3 Å². The topological polar surface area (TPSA) is 59.3 Å². The Labute approximate surface area is 126 Å². The number of aromatic nitrogens is 3. The molecule has 0 spiro atoms. The molecule has 0 atom stereocenters. The number of rotatable bonds is 3. The van der Waals surface area contributed by atoms with Crippen molar-refractivity contribution in [2.24, 2.45) is 0 Å². The van der Waals surface area contributed by atoms with Crippen LogP contribution in [0.3, 0.4) is 0 Å². The third-order valence-electron chi connectivity index (χ3n) is 3.19. The van der Waals surface area contributed by atoms with Gasteiger partial charge in [-0.2, -0.15) is 0 Å². The number of hydrogen-bond donors (Lipinski definition) is 1. The highest BCUT2D eigenvalue weighted by atomic mass is 32.2. The van der Waals surface area contributed by atoms with E-state index in [9.17, 15) is 4.79 Å². The first kappa shape index (κ1) is 13.6. The number of carbonyl (C=O) groups is 1. The molecular formula is C15H14N4OS. The fourth-order valence-corrected chi connectivity index (χ4v) is 2.44. The van der Waals surface area contributed by atoms with Crippen molar-refractivity contribution in [3.05, 3.63) is 54.2 Å². The zero-order valence-corrected chi connectivity index (χ0v) is 12.5. The maximum atomic E-state index is 12.3. The van der Waals surface area contributed by atoms with Gasteiger partial charge in [0.15, 0.2) is 5.65 Å². The van der Waals surface area contributed by atoms with Crippen LogP contribution in [0.5, 0.6) is 0 Å². The molecule has 0 saturated heterocycles. The molecule has 1 aromatic carbocycles. The van der Waals surface area contributed by atoms with Crippen molar-refractivity contribution in [1.29, 1.82) is 0 Å². The number of fused-ring (bicyclic) bond motifs is 1. The molecule has 0 aliphatic carbocycles. The van der Waals surface area contributed by atoms with E-state index in [0.717, 1.165) is 16.1 Å². The number of hydrogen-bond acceptors (Lipinski definition) is 4. The van der Waals surface area contributed by atoms with E-state index in [1.165, 1.54) is 0 Å². The van der Waals surface area contributed by atoms with Gasteiger partial charge < -0.3 is 9.72 Å². The van der Waals surface area contributed by atoms with Crippen molar-refractivity contribution in [2.45, 2.75) is 11.8 Å². The van der Waals surface area contributed by atoms with E-state index in [4.69, 9.17) is 0 Å². The third-order valence-corrected chi connectivity index (χ3v) is 3.92. The summed E-state index contributed by atoms with van der Waals surface area (Å²) in [4.78, 5) is 21.7. The smallest absolute Gasteiger partial charge is 0.275 e. The van der Waals surface area contributed by atoms with Gasteiger partial charge in [-0.25, -0.2) is 4.98 Å². The molecule has 5 nitrogen and oxygen atoms in total. The van der Waals surface area contributed by atoms with Crippen molar-refractivity contribution in [2.75, 3.05) is 11.6 Å². The quantitative estimate of drug-likeness (QED) is 0.755. The van der Waals surface area contributed by atoms with Gasteiger partial charge in [0, 0.05) is 29.2 Å². The van der Waals surface area contributed by atoms with Crippen LogP contribution in [-0.4, -0.2) is 26.5 Å². The summed E-state index contributed by atoms with van der Waals surface area (Å²) in [7, 11) is 0. The lowest BCUT2D eigenvalue weighted by Crippen LogP contribution is -2.13. The summed E-state index contributed by atoms with van der Waals surface area (Å²) in [5, 5.41) is 2.91. The Morgan fingerprint density at radius 2 is 2.24 bits per heavy atom. The summed E-state index contributed by atoms with van der Waals surface area (Å²) in [6, 6.07) is 6.00. The SMILES string of the molecule is CSc1ccc(C)c(NC(=O)c2cn3ccncc3n2)c1. The number of benzene rings is 1. The van der Waals surface area contributed by atoms with Crippen molar-refractivity contribution in [3.63, 3.8) is 0 Å². The molecule has 3 rings (SSSR count). The van der Waals surface area contributed by atoms with E-state index in [-0.39, 0.29) is 5.91 Å². The van der Waals surface area contributed by atoms with Gasteiger partial charge in [-0.05, 0) is 30.9 Å². The van der Waals surface area contributed by atoms with Crippen LogP contribution in [0.2, 0.25) is 0 Å². The Bertz CT molecular complexity index is 779. The lowest BCUT2D eigenvalue weighted by molar-refractivity contribution is 0.102. The predicted octanol–water partition coefficient (Wildman–Crippen LogP) is 3.01. The maximum absolute atomic E-state index is 12.3.